The van der Waals surface area contributed by atoms with Crippen LogP contribution in [0.1, 0.15) is 24.4 Å². The van der Waals surface area contributed by atoms with Gasteiger partial charge in [-0.1, -0.05) is 24.3 Å². The maximum Gasteiger partial charge on any atom is 0.155 e. The second-order valence-electron chi connectivity index (χ2n) is 7.41. The minimum Gasteiger partial charge on any atom is -0.339 e. The third-order valence-electron chi connectivity index (χ3n) is 5.14. The average molecular weight is 397 g/mol. The first-order valence-electron chi connectivity index (χ1n) is 10.2. The minimum atomic E-state index is 0.648. The lowest BCUT2D eigenvalue weighted by atomic mass is 10.1. The number of imidazole rings is 1. The summed E-state index contributed by atoms with van der Waals surface area (Å²) in [6.07, 6.45) is 12.5. The molecule has 0 spiro atoms. The highest BCUT2D eigenvalue weighted by atomic mass is 15.3. The molecule has 2 N–H and O–H groups in total. The van der Waals surface area contributed by atoms with E-state index in [0.717, 1.165) is 59.2 Å². The molecule has 7 nitrogen and oxygen atoms in total. The summed E-state index contributed by atoms with van der Waals surface area (Å²) >= 11 is 0. The van der Waals surface area contributed by atoms with Crippen LogP contribution in [0.4, 0.5) is 0 Å². The predicted molar refractivity (Wildman–Crippen MR) is 117 cm³/mol. The number of nitrogens with one attached hydrogen (secondary N) is 2. The molecule has 0 saturated carbocycles. The topological polar surface area (TPSA) is 83.8 Å². The third-order valence-corrected chi connectivity index (χ3v) is 5.14. The second-order valence-corrected chi connectivity index (χ2v) is 7.41. The van der Waals surface area contributed by atoms with Crippen LogP contribution in [0.5, 0.6) is 0 Å². The fourth-order valence-electron chi connectivity index (χ4n) is 3.66. The maximum absolute atomic E-state index is 4.90. The molecule has 4 aromatic rings. The van der Waals surface area contributed by atoms with Crippen LogP contribution in [0, 0.1) is 6.92 Å². The minimum absolute atomic E-state index is 0.648. The van der Waals surface area contributed by atoms with Crippen LogP contribution >= 0.6 is 0 Å². The Morgan fingerprint density at radius 1 is 1.10 bits per heavy atom. The van der Waals surface area contributed by atoms with Gasteiger partial charge in [0.15, 0.2) is 5.65 Å². The third kappa shape index (κ3) is 3.79. The zero-order valence-corrected chi connectivity index (χ0v) is 16.8. The normalized spacial score (nSPS) is 13.7. The van der Waals surface area contributed by atoms with Crippen molar-refractivity contribution in [3.05, 3.63) is 78.2 Å². The first-order chi connectivity index (χ1) is 14.8. The molecule has 1 aliphatic carbocycles. The van der Waals surface area contributed by atoms with E-state index < -0.39 is 0 Å². The van der Waals surface area contributed by atoms with Gasteiger partial charge in [-0.05, 0) is 49.6 Å². The number of hydrogen-bond donors (Lipinski definition) is 2. The van der Waals surface area contributed by atoms with E-state index in [1.54, 1.807) is 10.8 Å². The Kier molecular flexibility index (Phi) is 4.94. The summed E-state index contributed by atoms with van der Waals surface area (Å²) in [6.45, 7) is 3.47. The lowest BCUT2D eigenvalue weighted by Gasteiger charge is -2.07. The molecule has 0 aromatic carbocycles. The molecule has 0 aliphatic heterocycles. The number of hydrogen-bond acceptors (Lipinski definition) is 5. The number of nitrogens with zero attached hydrogens (tertiary/aromatic N) is 5. The second kappa shape index (κ2) is 8.04. The van der Waals surface area contributed by atoms with Crippen LogP contribution in [0.15, 0.2) is 66.7 Å². The summed E-state index contributed by atoms with van der Waals surface area (Å²) in [6, 6.07) is 9.99. The average Bonchev–Trinajstić information content (AvgIpc) is 3.41. The Morgan fingerprint density at radius 3 is 2.93 bits per heavy atom. The number of aromatic nitrogens is 6. The largest absolute Gasteiger partial charge is 0.339 e. The molecule has 0 atom stereocenters. The van der Waals surface area contributed by atoms with Gasteiger partial charge in [0.05, 0.1) is 23.6 Å². The highest BCUT2D eigenvalue weighted by molar-refractivity contribution is 5.77. The number of fused-ring (bicyclic) bond motifs is 1. The van der Waals surface area contributed by atoms with E-state index >= 15 is 0 Å². The van der Waals surface area contributed by atoms with Crippen molar-refractivity contribution in [2.45, 2.75) is 26.3 Å². The highest BCUT2D eigenvalue weighted by Crippen LogP contribution is 2.29. The molecule has 4 heterocycles. The Hall–Kier alpha value is -3.58. The summed E-state index contributed by atoms with van der Waals surface area (Å²) in [5.74, 6) is 0.877. The predicted octanol–water partition coefficient (Wildman–Crippen LogP) is 3.86. The fraction of sp³-hybridized carbons (Fsp3) is 0.217. The molecule has 4 aromatic heterocycles. The summed E-state index contributed by atoms with van der Waals surface area (Å²) in [4.78, 5) is 17.3. The van der Waals surface area contributed by atoms with Gasteiger partial charge in [0.1, 0.15) is 12.2 Å². The lowest BCUT2D eigenvalue weighted by Crippen LogP contribution is -2.17. The van der Waals surface area contributed by atoms with Gasteiger partial charge in [-0.3, -0.25) is 4.98 Å². The molecule has 0 amide bonds. The molecular formula is C23H23N7. The Labute approximate surface area is 174 Å². The van der Waals surface area contributed by atoms with E-state index in [1.807, 2.05) is 43.5 Å². The number of aromatic amines is 1. The lowest BCUT2D eigenvalue weighted by molar-refractivity contribution is 0.712. The van der Waals surface area contributed by atoms with E-state index in [0.29, 0.717) is 6.54 Å². The highest BCUT2D eigenvalue weighted by Gasteiger charge is 2.16. The Balaban J connectivity index is 1.47. The van der Waals surface area contributed by atoms with Crippen molar-refractivity contribution in [3.8, 4) is 22.6 Å². The van der Waals surface area contributed by atoms with Crippen LogP contribution in [-0.2, 0) is 6.54 Å². The van der Waals surface area contributed by atoms with Crippen molar-refractivity contribution in [1.82, 2.24) is 34.9 Å². The van der Waals surface area contributed by atoms with E-state index in [9.17, 15) is 0 Å². The van der Waals surface area contributed by atoms with Crippen molar-refractivity contribution in [2.24, 2.45) is 0 Å². The summed E-state index contributed by atoms with van der Waals surface area (Å²) < 4.78 is 1.76. The summed E-state index contributed by atoms with van der Waals surface area (Å²) in [7, 11) is 0. The molecular weight excluding hydrogens is 374 g/mol. The van der Waals surface area contributed by atoms with Crippen LogP contribution in [0.3, 0.4) is 0 Å². The van der Waals surface area contributed by atoms with Gasteiger partial charge >= 0.3 is 0 Å². The number of aryl methyl sites for hydroxylation is 1. The van der Waals surface area contributed by atoms with E-state index in [-0.39, 0.29) is 0 Å². The SMILES string of the molecule is Cc1cccc(-c2[nH]c(CNCC3=CCCC=C3)nc2-c2ccc3ncnn3c2)n1. The molecule has 1 aliphatic rings. The molecule has 0 bridgehead atoms. The van der Waals surface area contributed by atoms with Gasteiger partial charge in [-0.15, -0.1) is 0 Å². The summed E-state index contributed by atoms with van der Waals surface area (Å²) in [5, 5.41) is 7.75. The number of pyridine rings is 2. The molecule has 150 valence electrons. The molecule has 0 radical (unpaired) electrons. The first-order valence-corrected chi connectivity index (χ1v) is 10.2. The van der Waals surface area contributed by atoms with Gasteiger partial charge < -0.3 is 10.3 Å². The maximum atomic E-state index is 4.90. The Bertz CT molecular complexity index is 1250. The van der Waals surface area contributed by atoms with Crippen LogP contribution in [0.25, 0.3) is 28.3 Å². The smallest absolute Gasteiger partial charge is 0.155 e. The molecule has 0 unspecified atom stereocenters. The van der Waals surface area contributed by atoms with Gasteiger partial charge in [-0.2, -0.15) is 5.10 Å². The van der Waals surface area contributed by atoms with Crippen LogP contribution in [0.2, 0.25) is 0 Å². The molecule has 30 heavy (non-hydrogen) atoms. The van der Waals surface area contributed by atoms with Crippen molar-refractivity contribution < 1.29 is 0 Å². The van der Waals surface area contributed by atoms with Gasteiger partial charge in [-0.25, -0.2) is 14.5 Å². The van der Waals surface area contributed by atoms with E-state index in [2.05, 4.69) is 38.6 Å². The van der Waals surface area contributed by atoms with E-state index in [4.69, 9.17) is 9.97 Å². The van der Waals surface area contributed by atoms with Gasteiger partial charge in [0, 0.05) is 24.0 Å². The van der Waals surface area contributed by atoms with Crippen LogP contribution < -0.4 is 5.32 Å². The number of H-pyrrole nitrogens is 1. The van der Waals surface area contributed by atoms with Crippen molar-refractivity contribution in [3.63, 3.8) is 0 Å². The fourth-order valence-corrected chi connectivity index (χ4v) is 3.66. The zero-order chi connectivity index (χ0) is 20.3. The first kappa shape index (κ1) is 18.4. The standard InChI is InChI=1S/C23H23N7/c1-16-6-5-9-19(27-16)23-22(18-10-11-21-25-15-26-30(21)14-18)28-20(29-23)13-24-12-17-7-3-2-4-8-17/h3,5-11,14-15,24H,2,4,12-13H2,1H3,(H,28,29). The molecule has 5 rings (SSSR count). The zero-order valence-electron chi connectivity index (χ0n) is 16.8. The Morgan fingerprint density at radius 2 is 2.07 bits per heavy atom. The number of rotatable bonds is 6. The van der Waals surface area contributed by atoms with Gasteiger partial charge in [0.2, 0.25) is 0 Å². The van der Waals surface area contributed by atoms with Crippen LogP contribution in [-0.4, -0.2) is 36.1 Å². The number of allylic oxidation sites excluding steroid dienone is 2. The molecule has 0 saturated heterocycles. The monoisotopic (exact) mass is 397 g/mol. The molecule has 7 heteroatoms. The van der Waals surface area contributed by atoms with Crippen molar-refractivity contribution >= 4 is 5.65 Å². The quantitative estimate of drug-likeness (QED) is 0.516. The van der Waals surface area contributed by atoms with Crippen molar-refractivity contribution in [1.29, 1.82) is 0 Å². The van der Waals surface area contributed by atoms with E-state index in [1.165, 1.54) is 5.57 Å². The van der Waals surface area contributed by atoms with Crippen molar-refractivity contribution in [2.75, 3.05) is 6.54 Å². The molecule has 0 fully saturated rings. The summed E-state index contributed by atoms with van der Waals surface area (Å²) in [5.41, 5.74) is 6.71. The van der Waals surface area contributed by atoms with Gasteiger partial charge in [0.25, 0.3) is 0 Å².